The van der Waals surface area contributed by atoms with Gasteiger partial charge in [0.15, 0.2) is 0 Å². The van der Waals surface area contributed by atoms with Crippen LogP contribution in [-0.2, 0) is 6.42 Å². The summed E-state index contributed by atoms with van der Waals surface area (Å²) in [7, 11) is 0. The van der Waals surface area contributed by atoms with E-state index >= 15 is 0 Å². The van der Waals surface area contributed by atoms with Crippen molar-refractivity contribution >= 4 is 0 Å². The summed E-state index contributed by atoms with van der Waals surface area (Å²) in [6.07, 6.45) is 6.29. The van der Waals surface area contributed by atoms with Crippen LogP contribution >= 0.6 is 0 Å². The Bertz CT molecular complexity index is 988. The standard InChI is InChI=1S/C14H12.C10H14.C5H10.C5H12/c1-10-6-7-14-12(8-10)9-11-4-2-3-5-13(11)14;1-8(2)10-7-5-4-6-9(10)3;1-4-5(2)3;1-3-5-4-2/h2-8H,9H2,1H3;4-8H,1-3H3;2,4H2,1,3H3;3-5H2,1-2H3. The molecule has 0 saturated heterocycles. The molecule has 0 atom stereocenters. The number of unbranched alkanes of at least 4 members (excludes halogenated alkanes) is 2. The Hall–Kier alpha value is -2.60. The highest BCUT2D eigenvalue weighted by atomic mass is 14.2. The number of aryl methyl sites for hydroxylation is 2. The first-order valence-electron chi connectivity index (χ1n) is 13.1. The van der Waals surface area contributed by atoms with Gasteiger partial charge in [0, 0.05) is 0 Å². The average molecular weight is 457 g/mol. The Balaban J connectivity index is 0.000000254. The maximum atomic E-state index is 3.67. The molecule has 1 aliphatic rings. The van der Waals surface area contributed by atoms with Crippen LogP contribution in [0.3, 0.4) is 0 Å². The van der Waals surface area contributed by atoms with Crippen molar-refractivity contribution in [2.75, 3.05) is 0 Å². The largest absolute Gasteiger partial charge is 0.100 e. The Kier molecular flexibility index (Phi) is 13.9. The van der Waals surface area contributed by atoms with Gasteiger partial charge >= 0.3 is 0 Å². The van der Waals surface area contributed by atoms with Crippen LogP contribution in [0.1, 0.15) is 101 Å². The quantitative estimate of drug-likeness (QED) is 0.268. The van der Waals surface area contributed by atoms with E-state index in [0.29, 0.717) is 5.92 Å². The van der Waals surface area contributed by atoms with E-state index in [1.54, 1.807) is 0 Å². The summed E-state index contributed by atoms with van der Waals surface area (Å²) < 4.78 is 0. The molecule has 3 aromatic carbocycles. The highest BCUT2D eigenvalue weighted by Crippen LogP contribution is 2.36. The van der Waals surface area contributed by atoms with Crippen molar-refractivity contribution in [2.24, 2.45) is 0 Å². The van der Waals surface area contributed by atoms with Gasteiger partial charge in [0.2, 0.25) is 0 Å². The zero-order valence-corrected chi connectivity index (χ0v) is 23.2. The highest BCUT2D eigenvalue weighted by Gasteiger charge is 2.16. The monoisotopic (exact) mass is 456 g/mol. The van der Waals surface area contributed by atoms with E-state index < -0.39 is 0 Å². The van der Waals surface area contributed by atoms with E-state index in [9.17, 15) is 0 Å². The molecule has 0 fully saturated rings. The summed E-state index contributed by atoms with van der Waals surface area (Å²) >= 11 is 0. The van der Waals surface area contributed by atoms with Crippen molar-refractivity contribution in [1.29, 1.82) is 0 Å². The summed E-state index contributed by atoms with van der Waals surface area (Å²) in [5, 5.41) is 0. The Labute approximate surface area is 211 Å². The Morgan fingerprint density at radius 1 is 0.794 bits per heavy atom. The van der Waals surface area contributed by atoms with E-state index in [4.69, 9.17) is 0 Å². The van der Waals surface area contributed by atoms with E-state index in [-0.39, 0.29) is 0 Å². The van der Waals surface area contributed by atoms with Gasteiger partial charge in [0.25, 0.3) is 0 Å². The van der Waals surface area contributed by atoms with Crippen LogP contribution in [0, 0.1) is 13.8 Å². The summed E-state index contributed by atoms with van der Waals surface area (Å²) in [5.41, 5.74) is 11.3. The first kappa shape index (κ1) is 29.4. The minimum atomic E-state index is 0.654. The molecule has 0 unspecified atom stereocenters. The second kappa shape index (κ2) is 16.1. The molecule has 0 saturated carbocycles. The van der Waals surface area contributed by atoms with Crippen LogP contribution in [0.2, 0.25) is 0 Å². The topological polar surface area (TPSA) is 0 Å². The van der Waals surface area contributed by atoms with Gasteiger partial charge in [0.05, 0.1) is 0 Å². The number of rotatable bonds is 4. The molecule has 0 N–H and O–H groups in total. The molecule has 0 aliphatic heterocycles. The van der Waals surface area contributed by atoms with Gasteiger partial charge in [-0.25, -0.2) is 0 Å². The van der Waals surface area contributed by atoms with E-state index in [1.807, 2.05) is 6.92 Å². The van der Waals surface area contributed by atoms with Gasteiger partial charge in [-0.3, -0.25) is 0 Å². The van der Waals surface area contributed by atoms with Crippen molar-refractivity contribution < 1.29 is 0 Å². The van der Waals surface area contributed by atoms with Gasteiger partial charge in [0.1, 0.15) is 0 Å². The Morgan fingerprint density at radius 2 is 1.35 bits per heavy atom. The maximum absolute atomic E-state index is 3.67. The number of hydrogen-bond donors (Lipinski definition) is 0. The zero-order valence-electron chi connectivity index (χ0n) is 23.2. The van der Waals surface area contributed by atoms with Crippen molar-refractivity contribution in [3.8, 4) is 11.1 Å². The van der Waals surface area contributed by atoms with Crippen LogP contribution in [0.4, 0.5) is 0 Å². The number of benzene rings is 3. The third-order valence-corrected chi connectivity index (χ3v) is 6.07. The van der Waals surface area contributed by atoms with Crippen molar-refractivity contribution in [3.63, 3.8) is 0 Å². The van der Waals surface area contributed by atoms with Crippen LogP contribution < -0.4 is 0 Å². The van der Waals surface area contributed by atoms with Crippen LogP contribution in [0.25, 0.3) is 11.1 Å². The maximum Gasteiger partial charge on any atom is -0.00134 e. The van der Waals surface area contributed by atoms with Crippen molar-refractivity contribution in [3.05, 3.63) is 107 Å². The van der Waals surface area contributed by atoms with E-state index in [1.165, 1.54) is 63.8 Å². The van der Waals surface area contributed by atoms with Crippen LogP contribution in [0.15, 0.2) is 78.9 Å². The minimum absolute atomic E-state index is 0.654. The second-order valence-corrected chi connectivity index (χ2v) is 9.67. The SMILES string of the molecule is C=C(C)CC.CCCCC.Cc1ccc2c(c1)Cc1ccccc1-2.Cc1ccccc1C(C)C. The molecule has 0 nitrogen and oxygen atoms in total. The molecule has 0 radical (unpaired) electrons. The fourth-order valence-electron chi connectivity index (χ4n) is 3.86. The van der Waals surface area contributed by atoms with Crippen molar-refractivity contribution in [2.45, 2.75) is 93.4 Å². The summed E-state index contributed by atoms with van der Waals surface area (Å²) in [4.78, 5) is 0. The molecule has 1 aliphatic carbocycles. The lowest BCUT2D eigenvalue weighted by atomic mass is 9.99. The lowest BCUT2D eigenvalue weighted by molar-refractivity contribution is 0.772. The number of hydrogen-bond acceptors (Lipinski definition) is 0. The molecule has 0 heterocycles. The van der Waals surface area contributed by atoms with Crippen molar-refractivity contribution in [1.82, 2.24) is 0 Å². The lowest BCUT2D eigenvalue weighted by Crippen LogP contribution is -1.89. The van der Waals surface area contributed by atoms with Gasteiger partial charge in [-0.2, -0.15) is 0 Å². The molecule has 184 valence electrons. The van der Waals surface area contributed by atoms with Gasteiger partial charge < -0.3 is 0 Å². The van der Waals surface area contributed by atoms with Gasteiger partial charge in [-0.1, -0.05) is 132 Å². The average Bonchev–Trinajstić information content (AvgIpc) is 3.18. The molecule has 0 amide bonds. The predicted molar refractivity (Wildman–Crippen MR) is 155 cm³/mol. The highest BCUT2D eigenvalue weighted by molar-refractivity contribution is 5.76. The number of fused-ring (bicyclic) bond motifs is 3. The van der Waals surface area contributed by atoms with E-state index in [0.717, 1.165) is 12.8 Å². The molecule has 0 bridgehead atoms. The molecule has 0 spiro atoms. The van der Waals surface area contributed by atoms with Crippen LogP contribution in [-0.4, -0.2) is 0 Å². The molecule has 4 rings (SSSR count). The molecule has 34 heavy (non-hydrogen) atoms. The summed E-state index contributed by atoms with van der Waals surface area (Å²) in [5.74, 6) is 0.654. The minimum Gasteiger partial charge on any atom is -0.100 e. The molecule has 3 aromatic rings. The summed E-state index contributed by atoms with van der Waals surface area (Å²) in [6, 6.07) is 24.0. The summed E-state index contributed by atoms with van der Waals surface area (Å²) in [6.45, 7) is 21.0. The Morgan fingerprint density at radius 3 is 1.85 bits per heavy atom. The molecular weight excluding hydrogens is 408 g/mol. The van der Waals surface area contributed by atoms with Gasteiger partial charge in [-0.05, 0) is 72.9 Å². The first-order chi connectivity index (χ1) is 16.2. The van der Waals surface area contributed by atoms with Gasteiger partial charge in [-0.15, -0.1) is 6.58 Å². The fraction of sp³-hybridized carbons (Fsp3) is 0.412. The van der Waals surface area contributed by atoms with Crippen LogP contribution in [0.5, 0.6) is 0 Å². The third kappa shape index (κ3) is 10.1. The van der Waals surface area contributed by atoms with E-state index in [2.05, 4.69) is 122 Å². The third-order valence-electron chi connectivity index (χ3n) is 6.07. The molecule has 0 aromatic heterocycles. The lowest BCUT2D eigenvalue weighted by Gasteiger charge is -2.07. The number of allylic oxidation sites excluding steroid dienone is 1. The molecule has 0 heteroatoms. The zero-order chi connectivity index (χ0) is 25.5. The molecular formula is C34H48. The fourth-order valence-corrected chi connectivity index (χ4v) is 3.86. The smallest absolute Gasteiger partial charge is 0.00134 e. The normalized spacial score (nSPS) is 10.5. The first-order valence-corrected chi connectivity index (χ1v) is 13.1. The predicted octanol–water partition coefficient (Wildman–Crippen LogP) is 10.9. The second-order valence-electron chi connectivity index (χ2n) is 9.67.